The molecule has 21 heavy (non-hydrogen) atoms. The maximum atomic E-state index is 13.2. The summed E-state index contributed by atoms with van der Waals surface area (Å²) in [7, 11) is 0. The maximum absolute atomic E-state index is 13.2. The summed E-state index contributed by atoms with van der Waals surface area (Å²) in [5, 5.41) is 18.9. The van der Waals surface area contributed by atoms with Gasteiger partial charge in [0.2, 0.25) is 0 Å². The molecule has 0 saturated heterocycles. The van der Waals surface area contributed by atoms with Gasteiger partial charge in [-0.2, -0.15) is 15.6 Å². The van der Waals surface area contributed by atoms with Gasteiger partial charge >= 0.3 is 0 Å². The van der Waals surface area contributed by atoms with Crippen LogP contribution in [0.1, 0.15) is 5.69 Å². The van der Waals surface area contributed by atoms with Crippen molar-refractivity contribution in [3.05, 3.63) is 59.8 Å². The average Bonchev–Trinajstić information content (AvgIpc) is 2.99. The molecule has 1 heterocycles. The topological polar surface area (TPSA) is 65.4 Å². The van der Waals surface area contributed by atoms with Crippen LogP contribution < -0.4 is 0 Å². The second kappa shape index (κ2) is 5.13. The Bertz CT molecular complexity index is 832. The van der Waals surface area contributed by atoms with Crippen LogP contribution in [0, 0.1) is 23.0 Å². The van der Waals surface area contributed by atoms with E-state index in [0.717, 1.165) is 17.7 Å². The molecule has 1 N–H and O–H groups in total. The number of nitriles is 1. The van der Waals surface area contributed by atoms with Crippen molar-refractivity contribution >= 4 is 0 Å². The lowest BCUT2D eigenvalue weighted by Crippen LogP contribution is -1.86. The highest BCUT2D eigenvalue weighted by atomic mass is 19.2. The van der Waals surface area contributed by atoms with Gasteiger partial charge in [-0.3, -0.25) is 0 Å². The molecular weight excluding hydrogens is 274 g/mol. The molecule has 0 unspecified atom stereocenters. The van der Waals surface area contributed by atoms with E-state index in [1.54, 1.807) is 24.3 Å². The first-order chi connectivity index (χ1) is 10.2. The lowest BCUT2D eigenvalue weighted by molar-refractivity contribution is 0.509. The molecule has 0 aliphatic rings. The molecule has 0 aliphatic heterocycles. The standard InChI is InChI=1S/C15H8F2N4/c16-12-6-5-11(7-13(12)17)9-1-3-10(4-2-9)15-14(8-18)19-21-20-15/h1-7H,(H,19,20,21). The van der Waals surface area contributed by atoms with Gasteiger partial charge < -0.3 is 0 Å². The summed E-state index contributed by atoms with van der Waals surface area (Å²) in [5.74, 6) is -1.77. The Morgan fingerprint density at radius 1 is 0.857 bits per heavy atom. The van der Waals surface area contributed by atoms with E-state index in [9.17, 15) is 8.78 Å². The van der Waals surface area contributed by atoms with Gasteiger partial charge in [-0.25, -0.2) is 8.78 Å². The van der Waals surface area contributed by atoms with Gasteiger partial charge in [-0.05, 0) is 23.3 Å². The van der Waals surface area contributed by atoms with E-state index >= 15 is 0 Å². The predicted octanol–water partition coefficient (Wildman–Crippen LogP) is 3.29. The van der Waals surface area contributed by atoms with Gasteiger partial charge in [0.1, 0.15) is 11.8 Å². The van der Waals surface area contributed by atoms with Gasteiger partial charge in [0.05, 0.1) is 0 Å². The summed E-state index contributed by atoms with van der Waals surface area (Å²) in [5.41, 5.74) is 2.68. The summed E-state index contributed by atoms with van der Waals surface area (Å²) in [6, 6.07) is 12.7. The molecule has 0 aliphatic carbocycles. The number of halogens is 2. The average molecular weight is 282 g/mol. The Balaban J connectivity index is 1.98. The van der Waals surface area contributed by atoms with Gasteiger partial charge in [0.25, 0.3) is 0 Å². The molecule has 0 saturated carbocycles. The molecule has 102 valence electrons. The highest BCUT2D eigenvalue weighted by Crippen LogP contribution is 2.25. The number of rotatable bonds is 2. The third kappa shape index (κ3) is 2.37. The van der Waals surface area contributed by atoms with E-state index in [4.69, 9.17) is 5.26 Å². The van der Waals surface area contributed by atoms with Crippen molar-refractivity contribution in [3.63, 3.8) is 0 Å². The number of hydrogen-bond acceptors (Lipinski definition) is 3. The zero-order valence-corrected chi connectivity index (χ0v) is 10.6. The lowest BCUT2D eigenvalue weighted by atomic mass is 10.0. The fourth-order valence-electron chi connectivity index (χ4n) is 2.01. The molecule has 0 spiro atoms. The number of nitrogens with zero attached hydrogens (tertiary/aromatic N) is 3. The minimum absolute atomic E-state index is 0.204. The van der Waals surface area contributed by atoms with Crippen LogP contribution in [-0.2, 0) is 0 Å². The van der Waals surface area contributed by atoms with Crippen molar-refractivity contribution in [2.45, 2.75) is 0 Å². The van der Waals surface area contributed by atoms with Crippen LogP contribution in [0.25, 0.3) is 22.4 Å². The Labute approximate surface area is 118 Å². The smallest absolute Gasteiger partial charge is 0.190 e. The Kier molecular flexibility index (Phi) is 3.16. The third-order valence-corrected chi connectivity index (χ3v) is 3.07. The fourth-order valence-corrected chi connectivity index (χ4v) is 2.01. The van der Waals surface area contributed by atoms with Gasteiger partial charge in [-0.1, -0.05) is 30.3 Å². The molecule has 0 atom stereocenters. The van der Waals surface area contributed by atoms with Crippen molar-refractivity contribution in [2.75, 3.05) is 0 Å². The summed E-state index contributed by atoms with van der Waals surface area (Å²) in [6.07, 6.45) is 0. The highest BCUT2D eigenvalue weighted by molar-refractivity contribution is 5.70. The van der Waals surface area contributed by atoms with E-state index in [1.807, 2.05) is 6.07 Å². The summed E-state index contributed by atoms with van der Waals surface area (Å²) in [6.45, 7) is 0. The molecule has 4 nitrogen and oxygen atoms in total. The number of H-pyrrole nitrogens is 1. The highest BCUT2D eigenvalue weighted by Gasteiger charge is 2.10. The Morgan fingerprint density at radius 2 is 1.52 bits per heavy atom. The largest absolute Gasteiger partial charge is 0.204 e. The van der Waals surface area contributed by atoms with Crippen LogP contribution in [0.2, 0.25) is 0 Å². The van der Waals surface area contributed by atoms with E-state index in [-0.39, 0.29) is 5.69 Å². The van der Waals surface area contributed by atoms with E-state index in [2.05, 4.69) is 15.4 Å². The van der Waals surface area contributed by atoms with Gasteiger partial charge in [0, 0.05) is 5.56 Å². The second-order valence-corrected chi connectivity index (χ2v) is 4.34. The van der Waals surface area contributed by atoms with E-state index in [1.165, 1.54) is 6.07 Å². The van der Waals surface area contributed by atoms with E-state index < -0.39 is 11.6 Å². The SMILES string of the molecule is N#Cc1n[nH]nc1-c1ccc(-c2ccc(F)c(F)c2)cc1. The molecule has 0 bridgehead atoms. The molecule has 0 amide bonds. The number of hydrogen-bond donors (Lipinski definition) is 1. The molecule has 6 heteroatoms. The quantitative estimate of drug-likeness (QED) is 0.784. The Morgan fingerprint density at radius 3 is 2.19 bits per heavy atom. The van der Waals surface area contributed by atoms with Crippen molar-refractivity contribution in [1.29, 1.82) is 5.26 Å². The van der Waals surface area contributed by atoms with Crippen LogP contribution in [-0.4, -0.2) is 15.4 Å². The maximum Gasteiger partial charge on any atom is 0.190 e. The minimum Gasteiger partial charge on any atom is -0.204 e. The molecule has 1 aromatic heterocycles. The molecular formula is C15H8F2N4. The molecule has 0 radical (unpaired) electrons. The first kappa shape index (κ1) is 12.9. The van der Waals surface area contributed by atoms with Crippen molar-refractivity contribution < 1.29 is 8.78 Å². The summed E-state index contributed by atoms with van der Waals surface area (Å²) >= 11 is 0. The molecule has 3 rings (SSSR count). The fraction of sp³-hybridized carbons (Fsp3) is 0. The second-order valence-electron chi connectivity index (χ2n) is 4.34. The zero-order valence-electron chi connectivity index (χ0n) is 10.6. The third-order valence-electron chi connectivity index (χ3n) is 3.07. The van der Waals surface area contributed by atoms with Gasteiger partial charge in [0.15, 0.2) is 17.3 Å². The predicted molar refractivity (Wildman–Crippen MR) is 71.9 cm³/mol. The summed E-state index contributed by atoms with van der Waals surface area (Å²) < 4.78 is 26.2. The summed E-state index contributed by atoms with van der Waals surface area (Å²) in [4.78, 5) is 0. The number of benzene rings is 2. The monoisotopic (exact) mass is 282 g/mol. The normalized spacial score (nSPS) is 10.3. The molecule has 0 fully saturated rings. The first-order valence-corrected chi connectivity index (χ1v) is 6.06. The van der Waals surface area contributed by atoms with Crippen LogP contribution in [0.5, 0.6) is 0 Å². The van der Waals surface area contributed by atoms with Crippen LogP contribution >= 0.6 is 0 Å². The number of aromatic amines is 1. The number of nitrogens with one attached hydrogen (secondary N) is 1. The first-order valence-electron chi connectivity index (χ1n) is 6.06. The molecule has 2 aromatic carbocycles. The zero-order chi connectivity index (χ0) is 14.8. The molecule has 3 aromatic rings. The van der Waals surface area contributed by atoms with Gasteiger partial charge in [-0.15, -0.1) is 5.10 Å². The minimum atomic E-state index is -0.889. The number of aromatic nitrogens is 3. The van der Waals surface area contributed by atoms with Crippen molar-refractivity contribution in [3.8, 4) is 28.5 Å². The van der Waals surface area contributed by atoms with Crippen LogP contribution in [0.3, 0.4) is 0 Å². The van der Waals surface area contributed by atoms with Crippen LogP contribution in [0.15, 0.2) is 42.5 Å². The van der Waals surface area contributed by atoms with E-state index in [0.29, 0.717) is 16.8 Å². The van der Waals surface area contributed by atoms with Crippen molar-refractivity contribution in [2.24, 2.45) is 0 Å². The Hall–Kier alpha value is -3.07. The lowest BCUT2D eigenvalue weighted by Gasteiger charge is -2.04. The van der Waals surface area contributed by atoms with Crippen molar-refractivity contribution in [1.82, 2.24) is 15.4 Å². The van der Waals surface area contributed by atoms with Crippen LogP contribution in [0.4, 0.5) is 8.78 Å².